The first-order valence-corrected chi connectivity index (χ1v) is 10.0. The van der Waals surface area contributed by atoms with E-state index in [1.54, 1.807) is 48.5 Å². The molecule has 0 unspecified atom stereocenters. The lowest BCUT2D eigenvalue weighted by Crippen LogP contribution is -2.25. The van der Waals surface area contributed by atoms with Crippen LogP contribution < -0.4 is 4.74 Å². The van der Waals surface area contributed by atoms with Gasteiger partial charge in [0.15, 0.2) is 17.5 Å². The third-order valence-corrected chi connectivity index (χ3v) is 5.18. The van der Waals surface area contributed by atoms with Gasteiger partial charge in [-0.05, 0) is 46.5 Å². The van der Waals surface area contributed by atoms with E-state index in [-0.39, 0.29) is 17.7 Å². The zero-order chi connectivity index (χ0) is 24.6. The Kier molecular flexibility index (Phi) is 6.27. The standard InChI is InChI=1S/C25H12ClF7O/c26-17-7-5-14(6-8-17)13-1-3-15(4-2-13)16-9-19(27)23(20(28)10-16)25(32,33)34-18-11-21(29)24(31)22(30)12-18/h1-12H. The molecule has 0 aromatic heterocycles. The minimum Gasteiger partial charge on any atom is -0.429 e. The van der Waals surface area contributed by atoms with Crippen molar-refractivity contribution in [1.29, 1.82) is 0 Å². The van der Waals surface area contributed by atoms with Gasteiger partial charge in [0.05, 0.1) is 0 Å². The van der Waals surface area contributed by atoms with E-state index in [2.05, 4.69) is 4.74 Å². The fourth-order valence-electron chi connectivity index (χ4n) is 3.31. The average molecular weight is 497 g/mol. The summed E-state index contributed by atoms with van der Waals surface area (Å²) in [5, 5.41) is 0.557. The predicted octanol–water partition coefficient (Wildman–Crippen LogP) is 8.50. The van der Waals surface area contributed by atoms with Crippen molar-refractivity contribution in [2.75, 3.05) is 0 Å². The van der Waals surface area contributed by atoms with Gasteiger partial charge in [-0.3, -0.25) is 0 Å². The zero-order valence-electron chi connectivity index (χ0n) is 16.9. The Balaban J connectivity index is 1.63. The van der Waals surface area contributed by atoms with Crippen molar-refractivity contribution in [2.24, 2.45) is 0 Å². The summed E-state index contributed by atoms with van der Waals surface area (Å²) in [6.07, 6.45) is -4.65. The van der Waals surface area contributed by atoms with Gasteiger partial charge in [0, 0.05) is 17.2 Å². The van der Waals surface area contributed by atoms with Crippen molar-refractivity contribution >= 4 is 11.6 Å². The second-order valence-electron chi connectivity index (χ2n) is 7.22. The van der Waals surface area contributed by atoms with Crippen LogP contribution in [-0.4, -0.2) is 0 Å². The molecule has 4 rings (SSSR count). The number of alkyl halides is 2. The third kappa shape index (κ3) is 4.72. The first-order chi connectivity index (χ1) is 16.0. The molecular weight excluding hydrogens is 485 g/mol. The van der Waals surface area contributed by atoms with E-state index in [0.717, 1.165) is 11.1 Å². The van der Waals surface area contributed by atoms with Gasteiger partial charge in [0.2, 0.25) is 0 Å². The Morgan fingerprint density at radius 1 is 0.559 bits per heavy atom. The van der Waals surface area contributed by atoms with E-state index in [1.807, 2.05) is 0 Å². The van der Waals surface area contributed by atoms with Gasteiger partial charge in [-0.1, -0.05) is 48.0 Å². The van der Waals surface area contributed by atoms with Crippen LogP contribution in [0.5, 0.6) is 5.75 Å². The molecule has 1 nitrogen and oxygen atoms in total. The van der Waals surface area contributed by atoms with Gasteiger partial charge >= 0.3 is 6.11 Å². The number of halogens is 8. The largest absolute Gasteiger partial charge is 0.432 e. The Bertz CT molecular complexity index is 1310. The van der Waals surface area contributed by atoms with Crippen LogP contribution in [0.3, 0.4) is 0 Å². The van der Waals surface area contributed by atoms with Gasteiger partial charge in [-0.25, -0.2) is 22.0 Å². The van der Waals surface area contributed by atoms with Crippen LogP contribution in [0, 0.1) is 29.1 Å². The van der Waals surface area contributed by atoms with Crippen molar-refractivity contribution in [3.63, 3.8) is 0 Å². The quantitative estimate of drug-likeness (QED) is 0.199. The van der Waals surface area contributed by atoms with Gasteiger partial charge in [0.1, 0.15) is 22.9 Å². The molecule has 0 aliphatic carbocycles. The Morgan fingerprint density at radius 3 is 1.44 bits per heavy atom. The van der Waals surface area contributed by atoms with E-state index >= 15 is 0 Å². The van der Waals surface area contributed by atoms with Crippen LogP contribution in [0.25, 0.3) is 22.3 Å². The lowest BCUT2D eigenvalue weighted by Gasteiger charge is -2.20. The summed E-state index contributed by atoms with van der Waals surface area (Å²) in [5.41, 5.74) is 0.176. The summed E-state index contributed by atoms with van der Waals surface area (Å²) in [5.74, 6) is -9.95. The molecule has 0 N–H and O–H groups in total. The highest BCUT2D eigenvalue weighted by atomic mass is 35.5. The number of hydrogen-bond acceptors (Lipinski definition) is 1. The molecule has 0 saturated carbocycles. The molecule has 0 aliphatic rings. The first-order valence-electron chi connectivity index (χ1n) is 9.62. The molecule has 0 saturated heterocycles. The summed E-state index contributed by atoms with van der Waals surface area (Å²) in [6, 6.07) is 15.1. The van der Waals surface area contributed by atoms with E-state index in [1.165, 1.54) is 0 Å². The smallest absolute Gasteiger partial charge is 0.429 e. The molecule has 0 heterocycles. The molecule has 0 fully saturated rings. The summed E-state index contributed by atoms with van der Waals surface area (Å²) >= 11 is 5.86. The number of benzene rings is 4. The molecule has 0 radical (unpaired) electrons. The molecule has 174 valence electrons. The van der Waals surface area contributed by atoms with E-state index in [9.17, 15) is 30.7 Å². The van der Waals surface area contributed by atoms with Crippen LogP contribution in [0.2, 0.25) is 5.02 Å². The summed E-state index contributed by atoms with van der Waals surface area (Å²) < 4.78 is 102. The van der Waals surface area contributed by atoms with E-state index in [4.69, 9.17) is 11.6 Å². The Hall–Kier alpha value is -3.52. The van der Waals surface area contributed by atoms with Crippen LogP contribution >= 0.6 is 11.6 Å². The maximum atomic E-state index is 14.6. The number of rotatable bonds is 5. The molecule has 0 aliphatic heterocycles. The first kappa shape index (κ1) is 23.6. The lowest BCUT2D eigenvalue weighted by molar-refractivity contribution is -0.189. The highest BCUT2D eigenvalue weighted by Crippen LogP contribution is 2.38. The van der Waals surface area contributed by atoms with Gasteiger partial charge < -0.3 is 4.74 Å². The van der Waals surface area contributed by atoms with Gasteiger partial charge in [-0.15, -0.1) is 0 Å². The number of hydrogen-bond donors (Lipinski definition) is 0. The maximum Gasteiger partial charge on any atom is 0.432 e. The van der Waals surface area contributed by atoms with E-state index < -0.39 is 46.5 Å². The lowest BCUT2D eigenvalue weighted by atomic mass is 9.99. The summed E-state index contributed by atoms with van der Waals surface area (Å²) in [6.45, 7) is 0. The minimum atomic E-state index is -4.65. The molecule has 4 aromatic rings. The van der Waals surface area contributed by atoms with Crippen LogP contribution in [0.1, 0.15) is 5.56 Å². The van der Waals surface area contributed by atoms with Crippen molar-refractivity contribution in [2.45, 2.75) is 6.11 Å². The van der Waals surface area contributed by atoms with Crippen molar-refractivity contribution < 1.29 is 35.5 Å². The zero-order valence-corrected chi connectivity index (χ0v) is 17.6. The third-order valence-electron chi connectivity index (χ3n) is 4.93. The van der Waals surface area contributed by atoms with Gasteiger partial charge in [0.25, 0.3) is 0 Å². The monoisotopic (exact) mass is 496 g/mol. The Labute approximate surface area is 194 Å². The highest BCUT2D eigenvalue weighted by Gasteiger charge is 2.41. The highest BCUT2D eigenvalue weighted by molar-refractivity contribution is 6.30. The second kappa shape index (κ2) is 9.02. The molecule has 34 heavy (non-hydrogen) atoms. The van der Waals surface area contributed by atoms with Crippen LogP contribution in [-0.2, 0) is 6.11 Å². The normalized spacial score (nSPS) is 11.5. The molecule has 0 atom stereocenters. The predicted molar refractivity (Wildman–Crippen MR) is 113 cm³/mol. The topological polar surface area (TPSA) is 9.23 Å². The van der Waals surface area contributed by atoms with Crippen molar-refractivity contribution in [3.8, 4) is 28.0 Å². The van der Waals surface area contributed by atoms with Crippen LogP contribution in [0.15, 0.2) is 72.8 Å². The fourth-order valence-corrected chi connectivity index (χ4v) is 3.43. The summed E-state index contributed by atoms with van der Waals surface area (Å²) in [4.78, 5) is 0. The van der Waals surface area contributed by atoms with Crippen molar-refractivity contribution in [1.82, 2.24) is 0 Å². The SMILES string of the molecule is Fc1cc(OC(F)(F)c2c(F)cc(-c3ccc(-c4ccc(Cl)cc4)cc3)cc2F)cc(F)c1F. The summed E-state index contributed by atoms with van der Waals surface area (Å²) in [7, 11) is 0. The van der Waals surface area contributed by atoms with E-state index in [0.29, 0.717) is 22.7 Å². The molecule has 4 aromatic carbocycles. The fraction of sp³-hybridized carbons (Fsp3) is 0.0400. The molecule has 0 spiro atoms. The van der Waals surface area contributed by atoms with Crippen molar-refractivity contribution in [3.05, 3.63) is 112 Å². The molecule has 0 amide bonds. The van der Waals surface area contributed by atoms with Gasteiger partial charge in [-0.2, -0.15) is 8.78 Å². The minimum absolute atomic E-state index is 0.0314. The molecular formula is C25H12ClF7O. The maximum absolute atomic E-state index is 14.6. The average Bonchev–Trinajstić information content (AvgIpc) is 2.77. The second-order valence-corrected chi connectivity index (χ2v) is 7.66. The molecule has 9 heteroatoms. The Morgan fingerprint density at radius 2 is 0.971 bits per heavy atom. The van der Waals surface area contributed by atoms with Crippen LogP contribution in [0.4, 0.5) is 30.7 Å². The molecule has 0 bridgehead atoms. The number of ether oxygens (including phenoxy) is 1.